The molecular weight excluding hydrogens is 372 g/mol. The van der Waals surface area contributed by atoms with Crippen molar-refractivity contribution in [2.45, 2.75) is 64.2 Å². The lowest BCUT2D eigenvalue weighted by atomic mass is 9.99. The molecule has 1 fully saturated rings. The van der Waals surface area contributed by atoms with Crippen LogP contribution >= 0.6 is 0 Å². The zero-order valence-electron chi connectivity index (χ0n) is 16.9. The average Bonchev–Trinajstić information content (AvgIpc) is 2.72. The van der Waals surface area contributed by atoms with Gasteiger partial charge in [0.05, 0.1) is 24.4 Å². The predicted molar refractivity (Wildman–Crippen MR) is 107 cm³/mol. The van der Waals surface area contributed by atoms with Crippen LogP contribution in [0.15, 0.2) is 60.7 Å². The Hall–Kier alpha value is -2.25. The molecule has 0 unspecified atom stereocenters. The molecule has 6 nitrogen and oxygen atoms in total. The number of hydrogen-bond acceptors (Lipinski definition) is 6. The van der Waals surface area contributed by atoms with E-state index in [0.717, 1.165) is 5.56 Å². The van der Waals surface area contributed by atoms with E-state index in [2.05, 4.69) is 0 Å². The highest BCUT2D eigenvalue weighted by atomic mass is 16.7. The summed E-state index contributed by atoms with van der Waals surface area (Å²) in [4.78, 5) is 12.6. The number of aliphatic hydroxyl groups is 1. The van der Waals surface area contributed by atoms with Gasteiger partial charge in [-0.25, -0.2) is 4.79 Å². The molecule has 5 atom stereocenters. The number of carbonyl (C=O) groups excluding carboxylic acids is 1. The van der Waals surface area contributed by atoms with Crippen molar-refractivity contribution in [3.63, 3.8) is 0 Å². The van der Waals surface area contributed by atoms with Crippen molar-refractivity contribution in [1.29, 1.82) is 0 Å². The Morgan fingerprint density at radius 2 is 1.66 bits per heavy atom. The van der Waals surface area contributed by atoms with Crippen LogP contribution in [0.2, 0.25) is 0 Å². The van der Waals surface area contributed by atoms with Crippen LogP contribution in [0.4, 0.5) is 0 Å². The monoisotopic (exact) mass is 400 g/mol. The van der Waals surface area contributed by atoms with Gasteiger partial charge in [0, 0.05) is 0 Å². The first kappa shape index (κ1) is 21.5. The van der Waals surface area contributed by atoms with Gasteiger partial charge in [-0.05, 0) is 38.5 Å². The lowest BCUT2D eigenvalue weighted by Gasteiger charge is -2.43. The summed E-state index contributed by atoms with van der Waals surface area (Å²) in [5.74, 6) is -0.491. The van der Waals surface area contributed by atoms with Crippen molar-refractivity contribution >= 4 is 5.97 Å². The number of aliphatic hydroxyl groups excluding tert-OH is 1. The van der Waals surface area contributed by atoms with Crippen LogP contribution < -0.4 is 0 Å². The molecular formula is C23H28O6. The summed E-state index contributed by atoms with van der Waals surface area (Å²) in [5.41, 5.74) is 1.38. The molecule has 0 spiro atoms. The molecule has 0 radical (unpaired) electrons. The maximum Gasteiger partial charge on any atom is 0.338 e. The number of ether oxygens (including phenoxy) is 4. The first-order chi connectivity index (χ1) is 14.0. The van der Waals surface area contributed by atoms with Gasteiger partial charge in [0.15, 0.2) is 12.4 Å². The molecule has 1 aliphatic rings. The molecule has 0 aromatic heterocycles. The van der Waals surface area contributed by atoms with Gasteiger partial charge in [-0.15, -0.1) is 0 Å². The molecule has 156 valence electrons. The van der Waals surface area contributed by atoms with Crippen LogP contribution in [0.5, 0.6) is 0 Å². The molecule has 3 rings (SSSR count). The maximum atomic E-state index is 12.6. The molecule has 6 heteroatoms. The minimum Gasteiger partial charge on any atom is -0.453 e. The van der Waals surface area contributed by atoms with Gasteiger partial charge >= 0.3 is 5.97 Å². The van der Waals surface area contributed by atoms with E-state index in [1.54, 1.807) is 31.2 Å². The quantitative estimate of drug-likeness (QED) is 0.719. The summed E-state index contributed by atoms with van der Waals surface area (Å²) in [5, 5.41) is 10.9. The molecule has 1 saturated heterocycles. The molecule has 1 heterocycles. The van der Waals surface area contributed by atoms with Gasteiger partial charge in [-0.2, -0.15) is 0 Å². The van der Waals surface area contributed by atoms with Gasteiger partial charge in [0.1, 0.15) is 12.2 Å². The molecule has 1 N–H and O–H groups in total. The second-order valence-electron chi connectivity index (χ2n) is 7.38. The Morgan fingerprint density at radius 1 is 1.03 bits per heavy atom. The molecule has 0 amide bonds. The van der Waals surface area contributed by atoms with E-state index < -0.39 is 36.7 Å². The Labute approximate surface area is 171 Å². The van der Waals surface area contributed by atoms with E-state index in [1.165, 1.54) is 0 Å². The summed E-state index contributed by atoms with van der Waals surface area (Å²) in [6, 6.07) is 18.3. The van der Waals surface area contributed by atoms with E-state index in [4.69, 9.17) is 18.9 Å². The summed E-state index contributed by atoms with van der Waals surface area (Å²) in [6.07, 6.45) is -4.21. The van der Waals surface area contributed by atoms with Crippen molar-refractivity contribution in [2.24, 2.45) is 0 Å². The van der Waals surface area contributed by atoms with E-state index in [0.29, 0.717) is 5.56 Å². The van der Waals surface area contributed by atoms with Crippen molar-refractivity contribution in [3.05, 3.63) is 71.8 Å². The van der Waals surface area contributed by atoms with Crippen LogP contribution in [0, 0.1) is 0 Å². The Morgan fingerprint density at radius 3 is 2.28 bits per heavy atom. The summed E-state index contributed by atoms with van der Waals surface area (Å²) in [6.45, 7) is 5.78. The molecule has 29 heavy (non-hydrogen) atoms. The fourth-order valence-corrected chi connectivity index (χ4v) is 3.26. The van der Waals surface area contributed by atoms with E-state index in [9.17, 15) is 9.90 Å². The maximum absolute atomic E-state index is 12.6. The standard InChI is InChI=1S/C23H28O6/c1-15(2)27-23-19(24)21(26-14-17-10-6-4-7-11-17)20(16(3)28-23)29-22(25)18-12-8-5-9-13-18/h4-13,15-16,19-21,23-24H,14H2,1-3H3/t16-,19+,20-,21-,23-/m0/s1. The van der Waals surface area contributed by atoms with Gasteiger partial charge in [-0.1, -0.05) is 48.5 Å². The van der Waals surface area contributed by atoms with Gasteiger partial charge in [-0.3, -0.25) is 0 Å². The number of rotatable bonds is 7. The van der Waals surface area contributed by atoms with Gasteiger partial charge < -0.3 is 24.1 Å². The average molecular weight is 400 g/mol. The predicted octanol–water partition coefficient (Wildman–Crippen LogP) is 3.33. The third-order valence-electron chi connectivity index (χ3n) is 4.69. The normalized spacial score (nSPS) is 27.0. The Balaban J connectivity index is 1.77. The Bertz CT molecular complexity index is 763. The third kappa shape index (κ3) is 5.64. The summed E-state index contributed by atoms with van der Waals surface area (Å²) >= 11 is 0. The van der Waals surface area contributed by atoms with E-state index in [-0.39, 0.29) is 12.7 Å². The fourth-order valence-electron chi connectivity index (χ4n) is 3.26. The molecule has 2 aromatic carbocycles. The minimum atomic E-state index is -1.11. The number of carbonyl (C=O) groups is 1. The highest BCUT2D eigenvalue weighted by molar-refractivity contribution is 5.89. The van der Waals surface area contributed by atoms with Crippen molar-refractivity contribution in [1.82, 2.24) is 0 Å². The zero-order chi connectivity index (χ0) is 20.8. The first-order valence-electron chi connectivity index (χ1n) is 9.86. The zero-order valence-corrected chi connectivity index (χ0v) is 16.9. The molecule has 0 saturated carbocycles. The highest BCUT2D eigenvalue weighted by Gasteiger charge is 2.47. The van der Waals surface area contributed by atoms with Crippen LogP contribution in [0.1, 0.15) is 36.7 Å². The fraction of sp³-hybridized carbons (Fsp3) is 0.435. The lowest BCUT2D eigenvalue weighted by molar-refractivity contribution is -0.308. The second-order valence-corrected chi connectivity index (χ2v) is 7.38. The van der Waals surface area contributed by atoms with Crippen molar-refractivity contribution in [3.8, 4) is 0 Å². The molecule has 2 aromatic rings. The third-order valence-corrected chi connectivity index (χ3v) is 4.69. The number of esters is 1. The second kappa shape index (κ2) is 9.98. The molecule has 0 bridgehead atoms. The van der Waals surface area contributed by atoms with Gasteiger partial charge in [0.2, 0.25) is 0 Å². The van der Waals surface area contributed by atoms with Gasteiger partial charge in [0.25, 0.3) is 0 Å². The minimum absolute atomic E-state index is 0.139. The Kier molecular flexibility index (Phi) is 7.39. The largest absolute Gasteiger partial charge is 0.453 e. The summed E-state index contributed by atoms with van der Waals surface area (Å²) < 4.78 is 23.2. The van der Waals surface area contributed by atoms with Crippen LogP contribution in [-0.2, 0) is 25.6 Å². The SMILES string of the molecule is CC(C)O[C@H]1O[C@@H](C)[C@H](OC(=O)c2ccccc2)[C@@H](OCc2ccccc2)[C@H]1O. The smallest absolute Gasteiger partial charge is 0.338 e. The molecule has 1 aliphatic heterocycles. The summed E-state index contributed by atoms with van der Waals surface area (Å²) in [7, 11) is 0. The topological polar surface area (TPSA) is 74.2 Å². The first-order valence-corrected chi connectivity index (χ1v) is 9.86. The van der Waals surface area contributed by atoms with E-state index >= 15 is 0 Å². The number of hydrogen-bond donors (Lipinski definition) is 1. The van der Waals surface area contributed by atoms with Crippen molar-refractivity contribution < 1.29 is 28.8 Å². The van der Waals surface area contributed by atoms with E-state index in [1.807, 2.05) is 50.2 Å². The highest BCUT2D eigenvalue weighted by Crippen LogP contribution is 2.28. The van der Waals surface area contributed by atoms with Crippen LogP contribution in [0.3, 0.4) is 0 Å². The lowest BCUT2D eigenvalue weighted by Crippen LogP contribution is -2.60. The van der Waals surface area contributed by atoms with Crippen molar-refractivity contribution in [2.75, 3.05) is 0 Å². The molecule has 0 aliphatic carbocycles. The number of benzene rings is 2. The van der Waals surface area contributed by atoms with Crippen LogP contribution in [0.25, 0.3) is 0 Å². The van der Waals surface area contributed by atoms with Crippen LogP contribution in [-0.4, -0.2) is 47.9 Å².